The molecule has 0 bridgehead atoms. The zero-order valence-corrected chi connectivity index (χ0v) is 15.3. The van der Waals surface area contributed by atoms with E-state index in [1.807, 2.05) is 36.6 Å². The number of rotatable bonds is 6. The highest BCUT2D eigenvalue weighted by Gasteiger charge is 2.13. The number of para-hydroxylation sites is 1. The number of thiazole rings is 1. The van der Waals surface area contributed by atoms with Gasteiger partial charge in [0.1, 0.15) is 0 Å². The molecule has 7 heteroatoms. The summed E-state index contributed by atoms with van der Waals surface area (Å²) < 4.78 is 1.66. The van der Waals surface area contributed by atoms with Crippen molar-refractivity contribution in [2.75, 3.05) is 11.4 Å². The van der Waals surface area contributed by atoms with Crippen molar-refractivity contribution in [3.05, 3.63) is 65.4 Å². The highest BCUT2D eigenvalue weighted by atomic mass is 32.1. The predicted octanol–water partition coefficient (Wildman–Crippen LogP) is 3.60. The van der Waals surface area contributed by atoms with E-state index in [9.17, 15) is 9.59 Å². The fourth-order valence-electron chi connectivity index (χ4n) is 2.51. The highest BCUT2D eigenvalue weighted by molar-refractivity contribution is 7.14. The number of carbonyl (C=O) groups excluding carboxylic acids is 2. The summed E-state index contributed by atoms with van der Waals surface area (Å²) in [5.74, 6) is -0.189. The van der Waals surface area contributed by atoms with Gasteiger partial charge >= 0.3 is 0 Å². The van der Waals surface area contributed by atoms with Crippen molar-refractivity contribution in [2.24, 2.45) is 0 Å². The molecular weight excluding hydrogens is 348 g/mol. The average Bonchev–Trinajstić information content (AvgIpc) is 3.32. The van der Waals surface area contributed by atoms with Crippen molar-refractivity contribution in [1.29, 1.82) is 0 Å². The standard InChI is InChI=1S/C19H18N4O2S/c1-3-22(14(2)24)19-21-15(13-26-19)9-10-18(25)16-7-4-5-8-17(16)23-12-6-11-20-23/h4-13H,3H2,1-2H3/b10-9+. The molecule has 6 nitrogen and oxygen atoms in total. The summed E-state index contributed by atoms with van der Waals surface area (Å²) in [6, 6.07) is 9.11. The minimum atomic E-state index is -0.135. The molecule has 1 aromatic carbocycles. The summed E-state index contributed by atoms with van der Waals surface area (Å²) in [7, 11) is 0. The van der Waals surface area contributed by atoms with Gasteiger partial charge in [-0.25, -0.2) is 9.67 Å². The summed E-state index contributed by atoms with van der Waals surface area (Å²) in [6.45, 7) is 3.96. The molecule has 2 aromatic heterocycles. The molecule has 0 aliphatic rings. The number of nitrogens with zero attached hydrogens (tertiary/aromatic N) is 4. The summed E-state index contributed by atoms with van der Waals surface area (Å²) in [6.07, 6.45) is 6.62. The lowest BCUT2D eigenvalue weighted by Gasteiger charge is -2.14. The lowest BCUT2D eigenvalue weighted by atomic mass is 10.1. The Morgan fingerprint density at radius 3 is 2.77 bits per heavy atom. The van der Waals surface area contributed by atoms with Gasteiger partial charge in [-0.3, -0.25) is 14.5 Å². The SMILES string of the molecule is CCN(C(C)=O)c1nc(/C=C/C(=O)c2ccccc2-n2cccn2)cs1. The van der Waals surface area contributed by atoms with Crippen LogP contribution in [-0.2, 0) is 4.79 Å². The van der Waals surface area contributed by atoms with E-state index in [-0.39, 0.29) is 11.7 Å². The fraction of sp³-hybridized carbons (Fsp3) is 0.158. The molecule has 0 unspecified atom stereocenters. The van der Waals surface area contributed by atoms with Gasteiger partial charge in [0.25, 0.3) is 0 Å². The molecule has 0 radical (unpaired) electrons. The Morgan fingerprint density at radius 1 is 1.27 bits per heavy atom. The second-order valence-electron chi connectivity index (χ2n) is 5.48. The largest absolute Gasteiger partial charge is 0.289 e. The lowest BCUT2D eigenvalue weighted by Crippen LogP contribution is -2.27. The van der Waals surface area contributed by atoms with Crippen LogP contribution in [0.4, 0.5) is 5.13 Å². The summed E-state index contributed by atoms with van der Waals surface area (Å²) in [4.78, 5) is 30.2. The molecule has 1 amide bonds. The molecular formula is C19H18N4O2S. The number of amides is 1. The maximum absolute atomic E-state index is 12.6. The van der Waals surface area contributed by atoms with Crippen molar-refractivity contribution >= 4 is 34.2 Å². The molecule has 0 aliphatic heterocycles. The molecule has 0 aliphatic carbocycles. The van der Waals surface area contributed by atoms with Crippen molar-refractivity contribution in [1.82, 2.24) is 14.8 Å². The Bertz CT molecular complexity index is 944. The minimum Gasteiger partial charge on any atom is -0.289 e. The zero-order chi connectivity index (χ0) is 18.5. The normalized spacial score (nSPS) is 11.0. The maximum Gasteiger partial charge on any atom is 0.225 e. The van der Waals surface area contributed by atoms with Gasteiger partial charge in [-0.2, -0.15) is 5.10 Å². The van der Waals surface area contributed by atoms with E-state index in [1.165, 1.54) is 24.3 Å². The molecule has 26 heavy (non-hydrogen) atoms. The van der Waals surface area contributed by atoms with Crippen molar-refractivity contribution in [2.45, 2.75) is 13.8 Å². The highest BCUT2D eigenvalue weighted by Crippen LogP contribution is 2.22. The predicted molar refractivity (Wildman–Crippen MR) is 103 cm³/mol. The molecule has 3 rings (SSSR count). The Labute approximate surface area is 155 Å². The molecule has 0 N–H and O–H groups in total. The lowest BCUT2D eigenvalue weighted by molar-refractivity contribution is -0.116. The molecule has 0 atom stereocenters. The van der Waals surface area contributed by atoms with E-state index in [0.29, 0.717) is 22.9 Å². The quantitative estimate of drug-likeness (QED) is 0.494. The van der Waals surface area contributed by atoms with Crippen LogP contribution in [0.2, 0.25) is 0 Å². The molecule has 0 saturated carbocycles. The number of carbonyl (C=O) groups is 2. The van der Waals surface area contributed by atoms with E-state index in [1.54, 1.807) is 34.1 Å². The van der Waals surface area contributed by atoms with Gasteiger partial charge in [0, 0.05) is 36.8 Å². The monoisotopic (exact) mass is 366 g/mol. The second kappa shape index (κ2) is 7.88. The Hall–Kier alpha value is -3.06. The van der Waals surface area contributed by atoms with Crippen LogP contribution in [0.1, 0.15) is 29.9 Å². The molecule has 2 heterocycles. The first-order valence-corrected chi connectivity index (χ1v) is 9.03. The number of hydrogen-bond acceptors (Lipinski definition) is 5. The molecule has 0 spiro atoms. The van der Waals surface area contributed by atoms with E-state index >= 15 is 0 Å². The molecule has 132 valence electrons. The Morgan fingerprint density at radius 2 is 2.08 bits per heavy atom. The zero-order valence-electron chi connectivity index (χ0n) is 14.5. The third kappa shape index (κ3) is 3.78. The van der Waals surface area contributed by atoms with Gasteiger partial charge in [-0.1, -0.05) is 12.1 Å². The van der Waals surface area contributed by atoms with Crippen LogP contribution in [0.3, 0.4) is 0 Å². The van der Waals surface area contributed by atoms with Crippen molar-refractivity contribution in [3.63, 3.8) is 0 Å². The maximum atomic E-state index is 12.6. The van der Waals surface area contributed by atoms with E-state index < -0.39 is 0 Å². The number of hydrogen-bond donors (Lipinski definition) is 0. The second-order valence-corrected chi connectivity index (χ2v) is 6.32. The van der Waals surface area contributed by atoms with Crippen LogP contribution >= 0.6 is 11.3 Å². The van der Waals surface area contributed by atoms with Gasteiger partial charge in [-0.15, -0.1) is 11.3 Å². The van der Waals surface area contributed by atoms with Crippen LogP contribution < -0.4 is 4.90 Å². The van der Waals surface area contributed by atoms with Gasteiger partial charge in [-0.05, 0) is 37.3 Å². The first-order chi connectivity index (χ1) is 12.6. The van der Waals surface area contributed by atoms with Crippen LogP contribution in [0.15, 0.2) is 54.2 Å². The number of ketones is 1. The third-order valence-corrected chi connectivity index (χ3v) is 4.65. The summed E-state index contributed by atoms with van der Waals surface area (Å²) >= 11 is 1.38. The molecule has 3 aromatic rings. The van der Waals surface area contributed by atoms with Gasteiger partial charge in [0.05, 0.1) is 11.4 Å². The van der Waals surface area contributed by atoms with Crippen LogP contribution in [0.5, 0.6) is 0 Å². The third-order valence-electron chi connectivity index (χ3n) is 3.76. The Balaban J connectivity index is 1.81. The topological polar surface area (TPSA) is 68.1 Å². The average molecular weight is 366 g/mol. The Kier molecular flexibility index (Phi) is 5.38. The number of anilines is 1. The molecule has 0 saturated heterocycles. The van der Waals surface area contributed by atoms with Crippen LogP contribution in [0.25, 0.3) is 11.8 Å². The van der Waals surface area contributed by atoms with Crippen molar-refractivity contribution in [3.8, 4) is 5.69 Å². The molecule has 0 fully saturated rings. The first-order valence-electron chi connectivity index (χ1n) is 8.15. The van der Waals surface area contributed by atoms with Crippen LogP contribution in [0, 0.1) is 0 Å². The van der Waals surface area contributed by atoms with Crippen LogP contribution in [-0.4, -0.2) is 33.0 Å². The van der Waals surface area contributed by atoms with E-state index in [0.717, 1.165) is 5.69 Å². The summed E-state index contributed by atoms with van der Waals surface area (Å²) in [5, 5.41) is 6.64. The van der Waals surface area contributed by atoms with E-state index in [2.05, 4.69) is 10.1 Å². The summed E-state index contributed by atoms with van der Waals surface area (Å²) in [5.41, 5.74) is 1.93. The van der Waals surface area contributed by atoms with Gasteiger partial charge < -0.3 is 0 Å². The van der Waals surface area contributed by atoms with Gasteiger partial charge in [0.2, 0.25) is 5.91 Å². The number of aromatic nitrogens is 3. The first kappa shape index (κ1) is 17.8. The number of benzene rings is 1. The van der Waals surface area contributed by atoms with Crippen molar-refractivity contribution < 1.29 is 9.59 Å². The minimum absolute atomic E-state index is 0.0541. The smallest absolute Gasteiger partial charge is 0.225 e. The van der Waals surface area contributed by atoms with Gasteiger partial charge in [0.15, 0.2) is 10.9 Å². The van der Waals surface area contributed by atoms with E-state index in [4.69, 9.17) is 0 Å². The fourth-order valence-corrected chi connectivity index (χ4v) is 3.41. The number of allylic oxidation sites excluding steroid dienone is 1.